The Bertz CT molecular complexity index is 417. The Hall–Kier alpha value is -1.50. The van der Waals surface area contributed by atoms with E-state index in [0.717, 1.165) is 6.42 Å². The molecule has 2 unspecified atom stereocenters. The topological polar surface area (TPSA) is 85.8 Å². The summed E-state index contributed by atoms with van der Waals surface area (Å²) in [6, 6.07) is -0.289. The zero-order valence-corrected chi connectivity index (χ0v) is 11.0. The molecule has 0 radical (unpaired) electrons. The zero-order valence-electron chi connectivity index (χ0n) is 10.2. The fraction of sp³-hybridized carbons (Fsp3) is 0.600. The van der Waals surface area contributed by atoms with Crippen molar-refractivity contribution < 1.29 is 4.79 Å². The molecule has 0 spiro atoms. The average molecular weight is 255 g/mol. The van der Waals surface area contributed by atoms with Gasteiger partial charge in [0.05, 0.1) is 0 Å². The molecule has 7 heteroatoms. The van der Waals surface area contributed by atoms with Gasteiger partial charge in [-0.1, -0.05) is 19.1 Å². The van der Waals surface area contributed by atoms with Gasteiger partial charge in [0, 0.05) is 6.04 Å². The van der Waals surface area contributed by atoms with Crippen molar-refractivity contribution in [3.63, 3.8) is 0 Å². The van der Waals surface area contributed by atoms with Crippen LogP contribution in [0.5, 0.6) is 0 Å². The number of hydrogen-bond acceptors (Lipinski definition) is 4. The fourth-order valence-corrected chi connectivity index (χ4v) is 1.25. The highest BCUT2D eigenvalue weighted by molar-refractivity contribution is 7.80. The molecule has 6 nitrogen and oxygen atoms in total. The minimum absolute atomic E-state index is 0.0984. The second-order valence-electron chi connectivity index (χ2n) is 3.91. The molecule has 0 saturated carbocycles. The summed E-state index contributed by atoms with van der Waals surface area (Å²) in [6.07, 6.45) is 2.34. The highest BCUT2D eigenvalue weighted by Gasteiger charge is 2.18. The molecule has 1 aromatic heterocycles. The van der Waals surface area contributed by atoms with Crippen LogP contribution in [0.25, 0.3) is 0 Å². The number of aromatic nitrogens is 3. The number of carbonyl (C=O) groups is 1. The number of nitrogens with zero attached hydrogens (tertiary/aromatic N) is 3. The van der Waals surface area contributed by atoms with Crippen molar-refractivity contribution >= 4 is 23.1 Å². The summed E-state index contributed by atoms with van der Waals surface area (Å²) in [7, 11) is 0. The highest BCUT2D eigenvalue weighted by atomic mass is 32.1. The lowest BCUT2D eigenvalue weighted by molar-refractivity contribution is -0.124. The maximum atomic E-state index is 11.8. The number of amides is 1. The molecule has 0 aromatic carbocycles. The Kier molecular flexibility index (Phi) is 4.56. The van der Waals surface area contributed by atoms with E-state index in [4.69, 9.17) is 18.0 Å². The van der Waals surface area contributed by atoms with Crippen molar-refractivity contribution in [3.05, 3.63) is 12.2 Å². The number of rotatable bonds is 5. The van der Waals surface area contributed by atoms with Gasteiger partial charge in [-0.2, -0.15) is 0 Å². The molecule has 0 fully saturated rings. The van der Waals surface area contributed by atoms with Crippen LogP contribution in [-0.2, 0) is 4.79 Å². The van der Waals surface area contributed by atoms with Gasteiger partial charge in [-0.15, -0.1) is 5.10 Å². The molecule has 0 bridgehead atoms. The first-order valence-corrected chi connectivity index (χ1v) is 5.87. The Labute approximate surface area is 106 Å². The number of nitrogens with one attached hydrogen (secondary N) is 1. The first-order chi connectivity index (χ1) is 7.95. The molecule has 94 valence electrons. The normalized spacial score (nSPS) is 14.1. The third-order valence-corrected chi connectivity index (χ3v) is 2.69. The van der Waals surface area contributed by atoms with E-state index in [1.807, 2.05) is 13.8 Å². The summed E-state index contributed by atoms with van der Waals surface area (Å²) >= 11 is 4.76. The molecule has 1 aromatic rings. The Balaban J connectivity index is 2.71. The van der Waals surface area contributed by atoms with Crippen molar-refractivity contribution in [2.75, 3.05) is 0 Å². The smallest absolute Gasteiger partial charge is 0.244 e. The number of carbonyl (C=O) groups excluding carboxylic acids is 1. The Morgan fingerprint density at radius 1 is 1.65 bits per heavy atom. The third kappa shape index (κ3) is 3.48. The van der Waals surface area contributed by atoms with E-state index in [9.17, 15) is 4.79 Å². The van der Waals surface area contributed by atoms with Gasteiger partial charge in [0.25, 0.3) is 0 Å². The van der Waals surface area contributed by atoms with Gasteiger partial charge in [0.1, 0.15) is 17.4 Å². The maximum absolute atomic E-state index is 11.8. The van der Waals surface area contributed by atoms with Gasteiger partial charge in [-0.25, -0.2) is 9.67 Å². The molecule has 3 N–H and O–H groups in total. The van der Waals surface area contributed by atoms with Gasteiger partial charge < -0.3 is 11.1 Å². The summed E-state index contributed by atoms with van der Waals surface area (Å²) in [5, 5.41) is 6.92. The summed E-state index contributed by atoms with van der Waals surface area (Å²) in [5.41, 5.74) is 5.40. The minimum Gasteiger partial charge on any atom is -0.387 e. The van der Waals surface area contributed by atoms with Crippen LogP contribution >= 0.6 is 12.2 Å². The molecule has 0 aliphatic carbocycles. The second-order valence-corrected chi connectivity index (χ2v) is 4.35. The number of hydrogen-bond donors (Lipinski definition) is 2. The summed E-state index contributed by atoms with van der Waals surface area (Å²) < 4.78 is 1.45. The third-order valence-electron chi connectivity index (χ3n) is 2.51. The second kappa shape index (κ2) is 5.72. The molecule has 1 rings (SSSR count). The maximum Gasteiger partial charge on any atom is 0.244 e. The quantitative estimate of drug-likeness (QED) is 0.743. The van der Waals surface area contributed by atoms with E-state index in [1.165, 1.54) is 11.0 Å². The zero-order chi connectivity index (χ0) is 13.0. The lowest BCUT2D eigenvalue weighted by Gasteiger charge is -2.15. The van der Waals surface area contributed by atoms with Crippen LogP contribution in [-0.4, -0.2) is 31.7 Å². The average Bonchev–Trinajstić information content (AvgIpc) is 2.77. The summed E-state index contributed by atoms with van der Waals surface area (Å²) in [4.78, 5) is 15.9. The summed E-state index contributed by atoms with van der Waals surface area (Å²) in [6.45, 7) is 5.71. The van der Waals surface area contributed by atoms with Crippen molar-refractivity contribution in [1.29, 1.82) is 0 Å². The Morgan fingerprint density at radius 3 is 2.76 bits per heavy atom. The van der Waals surface area contributed by atoms with Gasteiger partial charge >= 0.3 is 0 Å². The molecule has 1 heterocycles. The number of thiocarbonyl (C=S) groups is 1. The molecule has 0 aliphatic heterocycles. The van der Waals surface area contributed by atoms with Crippen LogP contribution in [0.3, 0.4) is 0 Å². The van der Waals surface area contributed by atoms with Crippen molar-refractivity contribution in [3.8, 4) is 0 Å². The number of nitrogens with two attached hydrogens (primary N) is 1. The van der Waals surface area contributed by atoms with E-state index in [1.54, 1.807) is 6.92 Å². The van der Waals surface area contributed by atoms with Crippen molar-refractivity contribution in [1.82, 2.24) is 20.1 Å². The van der Waals surface area contributed by atoms with Gasteiger partial charge in [-0.3, -0.25) is 4.79 Å². The molecule has 2 atom stereocenters. The van der Waals surface area contributed by atoms with E-state index in [-0.39, 0.29) is 22.8 Å². The van der Waals surface area contributed by atoms with Crippen molar-refractivity contribution in [2.24, 2.45) is 5.73 Å². The van der Waals surface area contributed by atoms with Gasteiger partial charge in [-0.05, 0) is 20.3 Å². The SMILES string of the molecule is CCC(C)NC(=O)C(C)n1cnc(C(N)=S)n1. The van der Waals surface area contributed by atoms with E-state index in [2.05, 4.69) is 15.4 Å². The fourth-order valence-electron chi connectivity index (χ4n) is 1.16. The predicted octanol–water partition coefficient (Wildman–Crippen LogP) is 0.388. The van der Waals surface area contributed by atoms with Crippen molar-refractivity contribution in [2.45, 2.75) is 39.3 Å². The predicted molar refractivity (Wildman–Crippen MR) is 68.5 cm³/mol. The first kappa shape index (κ1) is 13.6. The van der Waals surface area contributed by atoms with E-state index >= 15 is 0 Å². The Morgan fingerprint density at radius 2 is 2.29 bits per heavy atom. The minimum atomic E-state index is -0.431. The van der Waals surface area contributed by atoms with Gasteiger partial charge in [0.15, 0.2) is 0 Å². The van der Waals surface area contributed by atoms with Gasteiger partial charge in [0.2, 0.25) is 11.7 Å². The van der Waals surface area contributed by atoms with Crippen LogP contribution in [0, 0.1) is 0 Å². The van der Waals surface area contributed by atoms with Crippen LogP contribution in [0.1, 0.15) is 39.1 Å². The lowest BCUT2D eigenvalue weighted by Crippen LogP contribution is -2.37. The van der Waals surface area contributed by atoms with Crippen LogP contribution in [0.4, 0.5) is 0 Å². The van der Waals surface area contributed by atoms with E-state index in [0.29, 0.717) is 0 Å². The van der Waals surface area contributed by atoms with E-state index < -0.39 is 6.04 Å². The molecule has 0 saturated heterocycles. The monoisotopic (exact) mass is 255 g/mol. The largest absolute Gasteiger partial charge is 0.387 e. The highest BCUT2D eigenvalue weighted by Crippen LogP contribution is 2.04. The van der Waals surface area contributed by atoms with Crippen LogP contribution < -0.4 is 11.1 Å². The molecule has 1 amide bonds. The van der Waals surface area contributed by atoms with Crippen LogP contribution in [0.2, 0.25) is 0 Å². The summed E-state index contributed by atoms with van der Waals surface area (Å²) in [5.74, 6) is 0.182. The molecule has 17 heavy (non-hydrogen) atoms. The van der Waals surface area contributed by atoms with Crippen LogP contribution in [0.15, 0.2) is 6.33 Å². The molecular weight excluding hydrogens is 238 g/mol. The standard InChI is InChI=1S/C10H17N5OS/c1-4-6(2)13-10(16)7(3)15-5-12-9(14-15)8(11)17/h5-7H,4H2,1-3H3,(H2,11,17)(H,13,16). The molecular formula is C10H17N5OS. The first-order valence-electron chi connectivity index (χ1n) is 5.47. The molecule has 0 aliphatic rings. The lowest BCUT2D eigenvalue weighted by atomic mass is 10.2.